The number of aryl methyl sites for hydroxylation is 1. The molecule has 2 aromatic rings. The van der Waals surface area contributed by atoms with Crippen LogP contribution in [0.25, 0.3) is 0 Å². The van der Waals surface area contributed by atoms with Gasteiger partial charge in [-0.2, -0.15) is 0 Å². The Labute approximate surface area is 169 Å². The van der Waals surface area contributed by atoms with Crippen molar-refractivity contribution in [2.45, 2.75) is 18.4 Å². The van der Waals surface area contributed by atoms with Gasteiger partial charge in [-0.15, -0.1) is 23.5 Å². The lowest BCUT2D eigenvalue weighted by molar-refractivity contribution is -0.116. The highest BCUT2D eigenvalue weighted by molar-refractivity contribution is 8.19. The summed E-state index contributed by atoms with van der Waals surface area (Å²) in [5, 5.41) is 2.90. The van der Waals surface area contributed by atoms with Crippen molar-refractivity contribution < 1.29 is 9.59 Å². The van der Waals surface area contributed by atoms with Gasteiger partial charge in [0.25, 0.3) is 5.91 Å². The third-order valence-electron chi connectivity index (χ3n) is 4.66. The lowest BCUT2D eigenvalue weighted by Gasteiger charge is -2.18. The summed E-state index contributed by atoms with van der Waals surface area (Å²) in [6, 6.07) is 13.6. The summed E-state index contributed by atoms with van der Waals surface area (Å²) in [5.74, 6) is 2.00. The van der Waals surface area contributed by atoms with Crippen LogP contribution in [-0.4, -0.2) is 41.8 Å². The summed E-state index contributed by atoms with van der Waals surface area (Å²) in [5.41, 5.74) is 4.80. The fraction of sp³-hybridized carbons (Fsp3) is 0.333. The molecule has 1 fully saturated rings. The highest BCUT2D eigenvalue weighted by atomic mass is 32.2. The van der Waals surface area contributed by atoms with E-state index in [-0.39, 0.29) is 18.4 Å². The summed E-state index contributed by atoms with van der Waals surface area (Å²) >= 11 is 3.88. The van der Waals surface area contributed by atoms with Gasteiger partial charge in [-0.1, -0.05) is 24.3 Å². The van der Waals surface area contributed by atoms with E-state index in [1.54, 1.807) is 7.05 Å². The highest BCUT2D eigenvalue weighted by Crippen LogP contribution is 2.45. The molecule has 0 unspecified atom stereocenters. The summed E-state index contributed by atoms with van der Waals surface area (Å²) in [7, 11) is 1.65. The molecule has 2 aromatic carbocycles. The number of hydrogen-bond acceptors (Lipinski definition) is 4. The lowest BCUT2D eigenvalue weighted by atomic mass is 10.1. The van der Waals surface area contributed by atoms with Gasteiger partial charge in [0.1, 0.15) is 0 Å². The molecule has 1 saturated heterocycles. The molecular formula is C21H24N2O2S2. The molecule has 1 aliphatic heterocycles. The van der Waals surface area contributed by atoms with Crippen molar-refractivity contribution in [1.29, 1.82) is 0 Å². The molecule has 0 atom stereocenters. The second-order valence-electron chi connectivity index (χ2n) is 6.65. The summed E-state index contributed by atoms with van der Waals surface area (Å²) in [4.78, 5) is 26.4. The number of carbonyl (C=O) groups is 2. The standard InChI is InChI=1S/C21H24N2O2S2/c1-14-5-4-6-18(15(14)2)22-19(24)13-23(3)20(25)16-7-9-17(10-8-16)21-26-11-12-27-21/h4-10,21H,11-13H2,1-3H3,(H,22,24). The molecule has 4 nitrogen and oxygen atoms in total. The Morgan fingerprint density at radius 2 is 1.74 bits per heavy atom. The first-order valence-electron chi connectivity index (χ1n) is 8.90. The van der Waals surface area contributed by atoms with Crippen LogP contribution in [0.1, 0.15) is 31.6 Å². The summed E-state index contributed by atoms with van der Waals surface area (Å²) in [6.45, 7) is 4.00. The molecule has 1 heterocycles. The average molecular weight is 401 g/mol. The molecular weight excluding hydrogens is 376 g/mol. The van der Waals surface area contributed by atoms with Gasteiger partial charge in [0, 0.05) is 29.8 Å². The second-order valence-corrected chi connectivity index (χ2v) is 9.38. The van der Waals surface area contributed by atoms with Gasteiger partial charge in [0.15, 0.2) is 0 Å². The average Bonchev–Trinajstić information content (AvgIpc) is 3.19. The van der Waals surface area contributed by atoms with E-state index < -0.39 is 0 Å². The molecule has 0 aliphatic carbocycles. The van der Waals surface area contributed by atoms with Crippen LogP contribution in [0.2, 0.25) is 0 Å². The first kappa shape index (κ1) is 19.8. The zero-order valence-electron chi connectivity index (χ0n) is 15.8. The van der Waals surface area contributed by atoms with Crippen molar-refractivity contribution in [3.05, 3.63) is 64.7 Å². The van der Waals surface area contributed by atoms with E-state index in [2.05, 4.69) is 5.32 Å². The van der Waals surface area contributed by atoms with Crippen molar-refractivity contribution in [3.63, 3.8) is 0 Å². The Morgan fingerprint density at radius 1 is 1.07 bits per heavy atom. The van der Waals surface area contributed by atoms with Gasteiger partial charge in [-0.05, 0) is 48.7 Å². The van der Waals surface area contributed by atoms with Gasteiger partial charge in [-0.3, -0.25) is 9.59 Å². The maximum atomic E-state index is 12.6. The number of hydrogen-bond donors (Lipinski definition) is 1. The topological polar surface area (TPSA) is 49.4 Å². The number of benzene rings is 2. The predicted octanol–water partition coefficient (Wildman–Crippen LogP) is 4.49. The largest absolute Gasteiger partial charge is 0.332 e. The van der Waals surface area contributed by atoms with Crippen LogP contribution in [0.15, 0.2) is 42.5 Å². The Kier molecular flexibility index (Phi) is 6.50. The minimum Gasteiger partial charge on any atom is -0.332 e. The van der Waals surface area contributed by atoms with Gasteiger partial charge >= 0.3 is 0 Å². The van der Waals surface area contributed by atoms with Crippen molar-refractivity contribution in [1.82, 2.24) is 4.90 Å². The predicted molar refractivity (Wildman–Crippen MR) is 116 cm³/mol. The highest BCUT2D eigenvalue weighted by Gasteiger charge is 2.20. The van der Waals surface area contributed by atoms with Gasteiger partial charge < -0.3 is 10.2 Å². The van der Waals surface area contributed by atoms with E-state index in [1.165, 1.54) is 22.0 Å². The Hall–Kier alpha value is -1.92. The monoisotopic (exact) mass is 400 g/mol. The smallest absolute Gasteiger partial charge is 0.254 e. The van der Waals surface area contributed by atoms with Crippen LogP contribution < -0.4 is 5.32 Å². The van der Waals surface area contributed by atoms with E-state index in [4.69, 9.17) is 0 Å². The Morgan fingerprint density at radius 3 is 2.41 bits per heavy atom. The third kappa shape index (κ3) is 4.87. The van der Waals surface area contributed by atoms with Gasteiger partial charge in [-0.25, -0.2) is 0 Å². The molecule has 0 saturated carbocycles. The fourth-order valence-electron chi connectivity index (χ4n) is 2.92. The molecule has 0 bridgehead atoms. The maximum absolute atomic E-state index is 12.6. The van der Waals surface area contributed by atoms with Crippen LogP contribution >= 0.6 is 23.5 Å². The number of likely N-dealkylation sites (N-methyl/N-ethyl adjacent to an activating group) is 1. The van der Waals surface area contributed by atoms with E-state index in [1.807, 2.05) is 79.8 Å². The van der Waals surface area contributed by atoms with Crippen LogP contribution in [0.5, 0.6) is 0 Å². The van der Waals surface area contributed by atoms with E-state index >= 15 is 0 Å². The lowest BCUT2D eigenvalue weighted by Crippen LogP contribution is -2.35. The minimum atomic E-state index is -0.199. The molecule has 1 aliphatic rings. The quantitative estimate of drug-likeness (QED) is 0.803. The number of nitrogens with zero attached hydrogens (tertiary/aromatic N) is 1. The van der Waals surface area contributed by atoms with Crippen molar-refractivity contribution in [3.8, 4) is 0 Å². The normalized spacial score (nSPS) is 14.2. The number of nitrogens with one attached hydrogen (secondary N) is 1. The molecule has 6 heteroatoms. The molecule has 0 aromatic heterocycles. The SMILES string of the molecule is Cc1cccc(NC(=O)CN(C)C(=O)c2ccc(C3SCCS3)cc2)c1C. The first-order chi connectivity index (χ1) is 13.0. The van der Waals surface area contributed by atoms with Crippen LogP contribution in [0.3, 0.4) is 0 Å². The molecule has 27 heavy (non-hydrogen) atoms. The van der Waals surface area contributed by atoms with E-state index in [0.717, 1.165) is 16.8 Å². The molecule has 0 spiro atoms. The Balaban J connectivity index is 1.59. The zero-order chi connectivity index (χ0) is 19.4. The van der Waals surface area contributed by atoms with Crippen LogP contribution in [0, 0.1) is 13.8 Å². The number of anilines is 1. The number of amides is 2. The van der Waals surface area contributed by atoms with Crippen LogP contribution in [0.4, 0.5) is 5.69 Å². The number of thioether (sulfide) groups is 2. The third-order valence-corrected chi connectivity index (χ3v) is 7.76. The van der Waals surface area contributed by atoms with Gasteiger partial charge in [0.2, 0.25) is 5.91 Å². The number of carbonyl (C=O) groups excluding carboxylic acids is 2. The molecule has 0 radical (unpaired) electrons. The fourth-order valence-corrected chi connectivity index (χ4v) is 5.78. The first-order valence-corrected chi connectivity index (χ1v) is 11.0. The number of rotatable bonds is 5. The van der Waals surface area contributed by atoms with E-state index in [0.29, 0.717) is 10.1 Å². The van der Waals surface area contributed by atoms with Crippen molar-refractivity contribution >= 4 is 41.0 Å². The summed E-state index contributed by atoms with van der Waals surface area (Å²) in [6.07, 6.45) is 0. The van der Waals surface area contributed by atoms with Gasteiger partial charge in [0.05, 0.1) is 11.1 Å². The zero-order valence-corrected chi connectivity index (χ0v) is 17.5. The minimum absolute atomic E-state index is 0.0162. The summed E-state index contributed by atoms with van der Waals surface area (Å²) < 4.78 is 0.468. The Bertz CT molecular complexity index is 831. The molecule has 3 rings (SSSR count). The maximum Gasteiger partial charge on any atom is 0.254 e. The molecule has 142 valence electrons. The van der Waals surface area contributed by atoms with E-state index in [9.17, 15) is 9.59 Å². The molecule has 1 N–H and O–H groups in total. The molecule has 2 amide bonds. The second kappa shape index (κ2) is 8.85. The van der Waals surface area contributed by atoms with Crippen LogP contribution in [-0.2, 0) is 4.79 Å². The van der Waals surface area contributed by atoms with Crippen molar-refractivity contribution in [2.75, 3.05) is 30.4 Å². The van der Waals surface area contributed by atoms with Crippen molar-refractivity contribution in [2.24, 2.45) is 0 Å².